The molecule has 3 N–H and O–H groups in total. The molecule has 6 heteroatoms. The van der Waals surface area contributed by atoms with E-state index in [2.05, 4.69) is 105 Å². The van der Waals surface area contributed by atoms with E-state index in [1.54, 1.807) is 0 Å². The smallest absolute Gasteiger partial charge is 0.306 e. The van der Waals surface area contributed by atoms with Crippen molar-refractivity contribution in [3.63, 3.8) is 0 Å². The first kappa shape index (κ1) is 63.0. The Morgan fingerprint density at radius 3 is 1.24 bits per heavy atom. The minimum atomic E-state index is -0.817. The maximum atomic E-state index is 13.2. The molecule has 1 amide bonds. The third-order valence-corrected chi connectivity index (χ3v) is 12.2. The quantitative estimate of drug-likeness (QED) is 0.0321. The predicted molar refractivity (Wildman–Crippen MR) is 287 cm³/mol. The summed E-state index contributed by atoms with van der Waals surface area (Å²) in [5.74, 6) is -0.591. The molecule has 0 heterocycles. The molecule has 380 valence electrons. The molecule has 0 saturated heterocycles. The molecule has 0 aromatic rings. The summed E-state index contributed by atoms with van der Waals surface area (Å²) in [6.07, 6.45) is 69.4. The van der Waals surface area contributed by atoms with Gasteiger partial charge in [-0.1, -0.05) is 241 Å². The van der Waals surface area contributed by atoms with Gasteiger partial charge in [0.25, 0.3) is 0 Å². The van der Waals surface area contributed by atoms with E-state index in [1.165, 1.54) is 135 Å². The van der Waals surface area contributed by atoms with E-state index in [-0.39, 0.29) is 24.9 Å². The average molecular weight is 921 g/mol. The van der Waals surface area contributed by atoms with Crippen LogP contribution in [0.4, 0.5) is 0 Å². The number of hydrogen-bond acceptors (Lipinski definition) is 5. The van der Waals surface area contributed by atoms with Crippen molar-refractivity contribution in [3.05, 3.63) is 85.1 Å². The number of nitrogens with one attached hydrogen (secondary N) is 1. The molecule has 0 saturated carbocycles. The Kier molecular flexibility index (Phi) is 50.6. The van der Waals surface area contributed by atoms with Gasteiger partial charge in [0, 0.05) is 12.8 Å². The number of carbonyl (C=O) groups excluding carboxylic acids is 2. The SMILES string of the molecule is CCCCC/C=C\C/C=C\C/C=C\C/C=C\CC(CC(=O)NC(CO)C(O)CCCCCCCCCCCCCCC)OC(=O)CCCCCCCC/C=C\C/C=C\C/C=C\CCCCC. The number of rotatable bonds is 49. The highest BCUT2D eigenvalue weighted by atomic mass is 16.5. The van der Waals surface area contributed by atoms with Gasteiger partial charge in [-0.05, 0) is 83.5 Å². The summed E-state index contributed by atoms with van der Waals surface area (Å²) in [6, 6.07) is -0.738. The first-order chi connectivity index (χ1) is 32.5. The Bertz CT molecular complexity index is 1260. The lowest BCUT2D eigenvalue weighted by Crippen LogP contribution is -2.46. The molecule has 0 aromatic heterocycles. The molecule has 0 aromatic carbocycles. The van der Waals surface area contributed by atoms with E-state index >= 15 is 0 Å². The Morgan fingerprint density at radius 2 is 0.803 bits per heavy atom. The molecule has 0 aliphatic rings. The van der Waals surface area contributed by atoms with Gasteiger partial charge in [0.1, 0.15) is 6.10 Å². The number of ether oxygens (including phenoxy) is 1. The number of aliphatic hydroxyl groups excluding tert-OH is 2. The standard InChI is InChI=1S/C60H105NO5/c1-4-7-10-13-16-19-22-25-27-28-29-30-32-35-38-41-44-47-50-53-60(65)66-56(51-48-45-42-39-36-34-31-26-23-20-17-14-11-8-5-2)54-59(64)61-57(55-62)58(63)52-49-46-43-40-37-33-24-21-18-15-12-9-6-3/h16-17,19-20,25-27,29-31,36,39,45,48,56-58,62-63H,4-15,18,21-24,28,32-35,37-38,40-44,46-47,49-55H2,1-3H3,(H,61,64)/b19-16-,20-17-,27-25-,30-29-,31-26-,39-36-,48-45-. The van der Waals surface area contributed by atoms with E-state index in [0.29, 0.717) is 19.3 Å². The second-order valence-corrected chi connectivity index (χ2v) is 18.6. The van der Waals surface area contributed by atoms with Gasteiger partial charge < -0.3 is 20.3 Å². The summed E-state index contributed by atoms with van der Waals surface area (Å²) < 4.78 is 5.88. The van der Waals surface area contributed by atoms with Crippen molar-refractivity contribution in [1.82, 2.24) is 5.32 Å². The van der Waals surface area contributed by atoms with Crippen LogP contribution in [-0.2, 0) is 14.3 Å². The van der Waals surface area contributed by atoms with Crippen LogP contribution in [0.5, 0.6) is 0 Å². The first-order valence-electron chi connectivity index (χ1n) is 27.8. The zero-order valence-electron chi connectivity index (χ0n) is 43.3. The third kappa shape index (κ3) is 47.5. The molecule has 66 heavy (non-hydrogen) atoms. The van der Waals surface area contributed by atoms with E-state index in [1.807, 2.05) is 6.08 Å². The van der Waals surface area contributed by atoms with Crippen molar-refractivity contribution in [3.8, 4) is 0 Å². The highest BCUT2D eigenvalue weighted by Gasteiger charge is 2.23. The fraction of sp³-hybridized carbons (Fsp3) is 0.733. The second kappa shape index (κ2) is 53.0. The molecular weight excluding hydrogens is 815 g/mol. The summed E-state index contributed by atoms with van der Waals surface area (Å²) in [7, 11) is 0. The van der Waals surface area contributed by atoms with E-state index < -0.39 is 18.2 Å². The highest BCUT2D eigenvalue weighted by Crippen LogP contribution is 2.16. The first-order valence-corrected chi connectivity index (χ1v) is 27.8. The van der Waals surface area contributed by atoms with Crippen molar-refractivity contribution >= 4 is 11.9 Å². The van der Waals surface area contributed by atoms with Crippen LogP contribution < -0.4 is 5.32 Å². The minimum Gasteiger partial charge on any atom is -0.461 e. The largest absolute Gasteiger partial charge is 0.461 e. The predicted octanol–water partition coefficient (Wildman–Crippen LogP) is 17.1. The molecular formula is C60H105NO5. The molecule has 0 aliphatic carbocycles. The Balaban J connectivity index is 4.71. The van der Waals surface area contributed by atoms with Gasteiger partial charge in [-0.2, -0.15) is 0 Å². The Labute approximate surface area is 408 Å². The van der Waals surface area contributed by atoms with Crippen LogP contribution in [0.3, 0.4) is 0 Å². The van der Waals surface area contributed by atoms with Gasteiger partial charge >= 0.3 is 5.97 Å². The summed E-state index contributed by atoms with van der Waals surface area (Å²) in [6.45, 7) is 6.40. The summed E-state index contributed by atoms with van der Waals surface area (Å²) >= 11 is 0. The molecule has 0 fully saturated rings. The van der Waals surface area contributed by atoms with Crippen LogP contribution in [0.25, 0.3) is 0 Å². The third-order valence-electron chi connectivity index (χ3n) is 12.2. The maximum absolute atomic E-state index is 13.2. The van der Waals surface area contributed by atoms with Crippen LogP contribution >= 0.6 is 0 Å². The molecule has 0 spiro atoms. The van der Waals surface area contributed by atoms with Crippen molar-refractivity contribution in [2.24, 2.45) is 0 Å². The van der Waals surface area contributed by atoms with Crippen LogP contribution in [0.1, 0.15) is 258 Å². The fourth-order valence-corrected chi connectivity index (χ4v) is 7.95. The van der Waals surface area contributed by atoms with E-state index in [4.69, 9.17) is 4.74 Å². The Hall–Kier alpha value is -2.96. The van der Waals surface area contributed by atoms with Crippen LogP contribution in [0.15, 0.2) is 85.1 Å². The van der Waals surface area contributed by atoms with Gasteiger partial charge in [0.2, 0.25) is 5.91 Å². The zero-order chi connectivity index (χ0) is 48.1. The van der Waals surface area contributed by atoms with Crippen LogP contribution in [-0.4, -0.2) is 46.9 Å². The Morgan fingerprint density at radius 1 is 0.455 bits per heavy atom. The number of allylic oxidation sites excluding steroid dienone is 13. The molecule has 3 atom stereocenters. The number of carbonyl (C=O) groups is 2. The van der Waals surface area contributed by atoms with Gasteiger partial charge in [-0.25, -0.2) is 0 Å². The van der Waals surface area contributed by atoms with Gasteiger partial charge in [0.15, 0.2) is 0 Å². The number of amides is 1. The zero-order valence-corrected chi connectivity index (χ0v) is 43.3. The number of aliphatic hydroxyl groups is 2. The van der Waals surface area contributed by atoms with Crippen molar-refractivity contribution in [1.29, 1.82) is 0 Å². The molecule has 0 bridgehead atoms. The van der Waals surface area contributed by atoms with Crippen molar-refractivity contribution in [2.75, 3.05) is 6.61 Å². The average Bonchev–Trinajstić information content (AvgIpc) is 3.31. The van der Waals surface area contributed by atoms with Crippen molar-refractivity contribution < 1.29 is 24.5 Å². The summed E-state index contributed by atoms with van der Waals surface area (Å²) in [5.41, 5.74) is 0. The monoisotopic (exact) mass is 920 g/mol. The van der Waals surface area contributed by atoms with Gasteiger partial charge in [0.05, 0.1) is 25.2 Å². The summed E-state index contributed by atoms with van der Waals surface area (Å²) in [5, 5.41) is 23.8. The number of esters is 1. The molecule has 0 rings (SSSR count). The van der Waals surface area contributed by atoms with Crippen LogP contribution in [0, 0.1) is 0 Å². The van der Waals surface area contributed by atoms with E-state index in [9.17, 15) is 19.8 Å². The van der Waals surface area contributed by atoms with Crippen molar-refractivity contribution in [2.45, 2.75) is 277 Å². The second-order valence-electron chi connectivity index (χ2n) is 18.6. The van der Waals surface area contributed by atoms with Gasteiger partial charge in [-0.15, -0.1) is 0 Å². The molecule has 0 aliphatic heterocycles. The normalized spacial score (nSPS) is 13.8. The lowest BCUT2D eigenvalue weighted by Gasteiger charge is -2.24. The number of hydrogen-bond donors (Lipinski definition) is 3. The molecule has 3 unspecified atom stereocenters. The molecule has 6 nitrogen and oxygen atoms in total. The summed E-state index contributed by atoms with van der Waals surface area (Å²) in [4.78, 5) is 26.2. The topological polar surface area (TPSA) is 95.9 Å². The fourth-order valence-electron chi connectivity index (χ4n) is 7.95. The maximum Gasteiger partial charge on any atom is 0.306 e. The van der Waals surface area contributed by atoms with Crippen LogP contribution in [0.2, 0.25) is 0 Å². The lowest BCUT2D eigenvalue weighted by molar-refractivity contribution is -0.150. The van der Waals surface area contributed by atoms with E-state index in [0.717, 1.165) is 77.0 Å². The minimum absolute atomic E-state index is 0.00695. The highest BCUT2D eigenvalue weighted by molar-refractivity contribution is 5.77. The van der Waals surface area contributed by atoms with Gasteiger partial charge in [-0.3, -0.25) is 9.59 Å². The number of unbranched alkanes of at least 4 members (excludes halogenated alkanes) is 24. The molecule has 0 radical (unpaired) electrons. The lowest BCUT2D eigenvalue weighted by atomic mass is 10.0.